The lowest BCUT2D eigenvalue weighted by Gasteiger charge is -2.15. The highest BCUT2D eigenvalue weighted by Crippen LogP contribution is 2.32. The summed E-state index contributed by atoms with van der Waals surface area (Å²) >= 11 is 17.6. The van der Waals surface area contributed by atoms with Gasteiger partial charge in [0.25, 0.3) is 5.91 Å². The van der Waals surface area contributed by atoms with Gasteiger partial charge in [0.15, 0.2) is 6.10 Å². The smallest absolute Gasteiger partial charge is 0.342 e. The van der Waals surface area contributed by atoms with Gasteiger partial charge in [0, 0.05) is 6.07 Å². The molecular weight excluding hydrogens is 399 g/mol. The second kappa shape index (κ2) is 7.99. The van der Waals surface area contributed by atoms with E-state index in [1.165, 1.54) is 19.1 Å². The Bertz CT molecular complexity index is 846. The second-order valence-corrected chi connectivity index (χ2v) is 6.07. The van der Waals surface area contributed by atoms with Gasteiger partial charge in [-0.05, 0) is 31.2 Å². The molecule has 0 spiro atoms. The minimum Gasteiger partial charge on any atom is -0.449 e. The Balaban J connectivity index is 2.11. The second-order valence-electron chi connectivity index (χ2n) is 4.88. The number of hydrogen-bond acceptors (Lipinski definition) is 3. The summed E-state index contributed by atoms with van der Waals surface area (Å²) < 4.78 is 31.4. The fraction of sp³-hybridized carbons (Fsp3) is 0.125. The normalized spacial score (nSPS) is 11.8. The molecule has 1 amide bonds. The molecule has 2 aromatic carbocycles. The zero-order valence-electron chi connectivity index (χ0n) is 12.6. The van der Waals surface area contributed by atoms with E-state index in [0.717, 1.165) is 12.1 Å². The number of rotatable bonds is 4. The van der Waals surface area contributed by atoms with Crippen LogP contribution in [0.3, 0.4) is 0 Å². The maximum absolute atomic E-state index is 13.5. The lowest BCUT2D eigenvalue weighted by molar-refractivity contribution is -0.123. The van der Waals surface area contributed by atoms with Gasteiger partial charge in [-0.2, -0.15) is 0 Å². The molecule has 0 radical (unpaired) electrons. The first-order valence-corrected chi connectivity index (χ1v) is 7.94. The summed E-state index contributed by atoms with van der Waals surface area (Å²) in [6.07, 6.45) is -1.30. The van der Waals surface area contributed by atoms with E-state index in [1.54, 1.807) is 0 Å². The van der Waals surface area contributed by atoms with Crippen molar-refractivity contribution < 1.29 is 23.1 Å². The summed E-state index contributed by atoms with van der Waals surface area (Å²) in [5.41, 5.74) is -0.448. The van der Waals surface area contributed by atoms with Gasteiger partial charge >= 0.3 is 5.97 Å². The average molecular weight is 409 g/mol. The highest BCUT2D eigenvalue weighted by atomic mass is 35.5. The molecule has 0 aromatic heterocycles. The topological polar surface area (TPSA) is 55.4 Å². The van der Waals surface area contributed by atoms with Gasteiger partial charge in [0.05, 0.1) is 26.3 Å². The van der Waals surface area contributed by atoms with Crippen molar-refractivity contribution in [3.05, 3.63) is 62.6 Å². The molecular formula is C16H10Cl3F2NO3. The summed E-state index contributed by atoms with van der Waals surface area (Å²) in [5.74, 6) is -3.55. The summed E-state index contributed by atoms with van der Waals surface area (Å²) in [4.78, 5) is 24.2. The molecule has 9 heteroatoms. The van der Waals surface area contributed by atoms with Crippen molar-refractivity contribution in [2.24, 2.45) is 0 Å². The highest BCUT2D eigenvalue weighted by Gasteiger charge is 2.24. The number of carbonyl (C=O) groups is 2. The third-order valence-corrected chi connectivity index (χ3v) is 4.21. The Morgan fingerprint density at radius 3 is 2.36 bits per heavy atom. The molecule has 0 aliphatic rings. The molecule has 25 heavy (non-hydrogen) atoms. The van der Waals surface area contributed by atoms with Crippen LogP contribution in [0.5, 0.6) is 0 Å². The van der Waals surface area contributed by atoms with E-state index in [2.05, 4.69) is 5.32 Å². The van der Waals surface area contributed by atoms with Crippen molar-refractivity contribution in [2.75, 3.05) is 5.32 Å². The number of ether oxygens (including phenoxy) is 1. The Hall–Kier alpha value is -1.89. The van der Waals surface area contributed by atoms with E-state index in [1.807, 2.05) is 0 Å². The summed E-state index contributed by atoms with van der Waals surface area (Å²) in [5, 5.41) is 2.15. The quantitative estimate of drug-likeness (QED) is 0.565. The third kappa shape index (κ3) is 4.60. The van der Waals surface area contributed by atoms with E-state index in [0.29, 0.717) is 6.07 Å². The molecule has 0 saturated carbocycles. The molecule has 1 N–H and O–H groups in total. The van der Waals surface area contributed by atoms with Gasteiger partial charge in [-0.15, -0.1) is 0 Å². The number of halogens is 5. The van der Waals surface area contributed by atoms with E-state index in [4.69, 9.17) is 39.5 Å². The fourth-order valence-electron chi connectivity index (χ4n) is 1.81. The number of carbonyl (C=O) groups excluding carboxylic acids is 2. The van der Waals surface area contributed by atoms with Gasteiger partial charge < -0.3 is 10.1 Å². The van der Waals surface area contributed by atoms with Crippen molar-refractivity contribution in [2.45, 2.75) is 13.0 Å². The molecule has 132 valence electrons. The zero-order valence-corrected chi connectivity index (χ0v) is 14.8. The van der Waals surface area contributed by atoms with Gasteiger partial charge in [0.1, 0.15) is 11.6 Å². The van der Waals surface area contributed by atoms with Gasteiger partial charge in [-0.1, -0.05) is 34.8 Å². The molecule has 0 aliphatic carbocycles. The Kier molecular flexibility index (Phi) is 6.21. The lowest BCUT2D eigenvalue weighted by Crippen LogP contribution is -2.30. The van der Waals surface area contributed by atoms with Crippen LogP contribution in [0.2, 0.25) is 15.1 Å². The molecule has 0 saturated heterocycles. The minimum absolute atomic E-state index is 0.00316. The Labute approximate surface area is 156 Å². The third-order valence-electron chi connectivity index (χ3n) is 3.09. The first-order valence-electron chi connectivity index (χ1n) is 6.81. The van der Waals surface area contributed by atoms with Crippen molar-refractivity contribution in [1.29, 1.82) is 0 Å². The zero-order chi connectivity index (χ0) is 18.7. The molecule has 4 nitrogen and oxygen atoms in total. The molecule has 0 aliphatic heterocycles. The highest BCUT2D eigenvalue weighted by molar-refractivity contribution is 6.46. The molecule has 2 rings (SSSR count). The standard InChI is InChI=1S/C16H10Cl3F2NO3/c1-7(15(23)22-12-5-2-8(20)6-11(12)21)25-16(24)13-9(17)3-4-10(18)14(13)19/h2-7H,1H3,(H,22,23)/t7-/m1/s1. The predicted molar refractivity (Wildman–Crippen MR) is 91.3 cm³/mol. The molecule has 0 unspecified atom stereocenters. The van der Waals surface area contributed by atoms with Crippen molar-refractivity contribution in [3.8, 4) is 0 Å². The Morgan fingerprint density at radius 2 is 1.72 bits per heavy atom. The van der Waals surface area contributed by atoms with Crippen molar-refractivity contribution in [1.82, 2.24) is 0 Å². The van der Waals surface area contributed by atoms with Crippen LogP contribution in [0, 0.1) is 11.6 Å². The number of amides is 1. The number of anilines is 1. The maximum Gasteiger partial charge on any atom is 0.342 e. The van der Waals surface area contributed by atoms with Crippen LogP contribution < -0.4 is 5.32 Å². The van der Waals surface area contributed by atoms with E-state index < -0.39 is 29.6 Å². The van der Waals surface area contributed by atoms with Crippen molar-refractivity contribution >= 4 is 52.4 Å². The molecule has 2 aromatic rings. The van der Waals surface area contributed by atoms with Crippen LogP contribution in [-0.2, 0) is 9.53 Å². The van der Waals surface area contributed by atoms with E-state index in [9.17, 15) is 18.4 Å². The van der Waals surface area contributed by atoms with Crippen LogP contribution in [0.15, 0.2) is 30.3 Å². The summed E-state index contributed by atoms with van der Waals surface area (Å²) in [6.45, 7) is 1.26. The van der Waals surface area contributed by atoms with Crippen LogP contribution in [0.25, 0.3) is 0 Å². The van der Waals surface area contributed by atoms with Crippen molar-refractivity contribution in [3.63, 3.8) is 0 Å². The van der Waals surface area contributed by atoms with Crippen LogP contribution in [0.1, 0.15) is 17.3 Å². The molecule has 0 heterocycles. The van der Waals surface area contributed by atoms with Crippen LogP contribution >= 0.6 is 34.8 Å². The van der Waals surface area contributed by atoms with Gasteiger partial charge in [-0.3, -0.25) is 4.79 Å². The first kappa shape index (κ1) is 19.4. The molecule has 0 fully saturated rings. The summed E-state index contributed by atoms with van der Waals surface area (Å²) in [7, 11) is 0. The van der Waals surface area contributed by atoms with Crippen LogP contribution in [-0.4, -0.2) is 18.0 Å². The average Bonchev–Trinajstić information content (AvgIpc) is 2.53. The minimum atomic E-state index is -1.30. The monoisotopic (exact) mass is 407 g/mol. The largest absolute Gasteiger partial charge is 0.449 e. The number of nitrogens with one attached hydrogen (secondary N) is 1. The SMILES string of the molecule is C[C@@H](OC(=O)c1c(Cl)ccc(Cl)c1Cl)C(=O)Nc1ccc(F)cc1F. The van der Waals surface area contributed by atoms with E-state index >= 15 is 0 Å². The van der Waals surface area contributed by atoms with Crippen LogP contribution in [0.4, 0.5) is 14.5 Å². The van der Waals surface area contributed by atoms with Gasteiger partial charge in [0.2, 0.25) is 0 Å². The van der Waals surface area contributed by atoms with E-state index in [-0.39, 0.29) is 26.3 Å². The number of esters is 1. The lowest BCUT2D eigenvalue weighted by atomic mass is 10.2. The summed E-state index contributed by atoms with van der Waals surface area (Å²) in [6, 6.07) is 5.38. The Morgan fingerprint density at radius 1 is 1.08 bits per heavy atom. The fourth-order valence-corrected chi connectivity index (χ4v) is 2.49. The molecule has 1 atom stereocenters. The first-order chi connectivity index (χ1) is 11.7. The number of benzene rings is 2. The van der Waals surface area contributed by atoms with Gasteiger partial charge in [-0.25, -0.2) is 13.6 Å². The molecule has 0 bridgehead atoms. The maximum atomic E-state index is 13.5. The number of hydrogen-bond donors (Lipinski definition) is 1. The predicted octanol–water partition coefficient (Wildman–Crippen LogP) is 5.11.